The van der Waals surface area contributed by atoms with E-state index < -0.39 is 0 Å². The van der Waals surface area contributed by atoms with E-state index in [4.69, 9.17) is 4.74 Å². The molecule has 1 unspecified atom stereocenters. The highest BCUT2D eigenvalue weighted by Gasteiger charge is 2.28. The maximum absolute atomic E-state index is 5.94. The lowest BCUT2D eigenvalue weighted by molar-refractivity contribution is 0.269. The summed E-state index contributed by atoms with van der Waals surface area (Å²) in [5.41, 5.74) is 2.79. The summed E-state index contributed by atoms with van der Waals surface area (Å²) in [5.74, 6) is 1.65. The number of hydrogen-bond donors (Lipinski definition) is 0. The Labute approximate surface area is 117 Å². The van der Waals surface area contributed by atoms with Crippen molar-refractivity contribution in [3.05, 3.63) is 23.8 Å². The molecule has 1 aliphatic heterocycles. The van der Waals surface area contributed by atoms with Crippen LogP contribution >= 0.6 is 0 Å². The van der Waals surface area contributed by atoms with Gasteiger partial charge in [-0.15, -0.1) is 0 Å². The smallest absolute Gasteiger partial charge is 0.143 e. The molecule has 1 aliphatic rings. The minimum absolute atomic E-state index is 0.179. The fourth-order valence-electron chi connectivity index (χ4n) is 2.62. The van der Waals surface area contributed by atoms with E-state index in [1.54, 1.807) is 0 Å². The Balaban J connectivity index is 2.40. The van der Waals surface area contributed by atoms with E-state index in [1.807, 2.05) is 0 Å². The van der Waals surface area contributed by atoms with Gasteiger partial charge in [-0.05, 0) is 42.9 Å². The summed E-state index contributed by atoms with van der Waals surface area (Å²) in [4.78, 5) is 2.42. The molecule has 2 heteroatoms. The predicted octanol–water partition coefficient (Wildman–Crippen LogP) is 4.23. The quantitative estimate of drug-likeness (QED) is 0.807. The van der Waals surface area contributed by atoms with Crippen LogP contribution in [0.25, 0.3) is 0 Å². The van der Waals surface area contributed by atoms with Crippen LogP contribution in [0.2, 0.25) is 0 Å². The van der Waals surface area contributed by atoms with Gasteiger partial charge in [0.05, 0.1) is 11.7 Å². The van der Waals surface area contributed by atoms with Crippen LogP contribution in [-0.2, 0) is 5.41 Å². The lowest BCUT2D eigenvalue weighted by Crippen LogP contribution is -2.41. The van der Waals surface area contributed by atoms with Gasteiger partial charge in [-0.25, -0.2) is 0 Å². The Morgan fingerprint density at radius 1 is 1.37 bits per heavy atom. The SMILES string of the molecule is CCN1c2ccc(C(C)(C)C(C)C)cc2OCC1C. The number of anilines is 1. The van der Waals surface area contributed by atoms with Crippen LogP contribution in [0, 0.1) is 5.92 Å². The molecule has 106 valence electrons. The molecule has 0 N–H and O–H groups in total. The number of benzene rings is 1. The van der Waals surface area contributed by atoms with E-state index in [9.17, 15) is 0 Å². The third-order valence-corrected chi connectivity index (χ3v) is 4.81. The molecule has 0 saturated heterocycles. The normalized spacial score (nSPS) is 19.3. The van der Waals surface area contributed by atoms with Crippen molar-refractivity contribution in [2.24, 2.45) is 5.92 Å². The molecule has 0 fully saturated rings. The molecule has 0 aromatic heterocycles. The van der Waals surface area contributed by atoms with Crippen molar-refractivity contribution in [3.63, 3.8) is 0 Å². The standard InChI is InChI=1S/C17H27NO/c1-7-18-13(4)11-19-16-10-14(8-9-15(16)18)17(5,6)12(2)3/h8-10,12-13H,7,11H2,1-6H3. The number of rotatable bonds is 3. The van der Waals surface area contributed by atoms with E-state index in [-0.39, 0.29) is 5.41 Å². The molecule has 0 bridgehead atoms. The molecule has 2 rings (SSSR count). The van der Waals surface area contributed by atoms with Gasteiger partial charge in [-0.2, -0.15) is 0 Å². The van der Waals surface area contributed by atoms with Crippen molar-refractivity contribution >= 4 is 5.69 Å². The first-order valence-electron chi connectivity index (χ1n) is 7.41. The van der Waals surface area contributed by atoms with E-state index in [2.05, 4.69) is 64.6 Å². The highest BCUT2D eigenvalue weighted by atomic mass is 16.5. The van der Waals surface area contributed by atoms with E-state index >= 15 is 0 Å². The molecule has 0 radical (unpaired) electrons. The molecular formula is C17H27NO. The Hall–Kier alpha value is -1.18. The molecule has 1 atom stereocenters. The number of ether oxygens (including phenoxy) is 1. The lowest BCUT2D eigenvalue weighted by atomic mass is 9.75. The second-order valence-corrected chi connectivity index (χ2v) is 6.50. The van der Waals surface area contributed by atoms with E-state index in [1.165, 1.54) is 11.3 Å². The minimum atomic E-state index is 0.179. The van der Waals surface area contributed by atoms with E-state index in [0.29, 0.717) is 12.0 Å². The monoisotopic (exact) mass is 261 g/mol. The fraction of sp³-hybridized carbons (Fsp3) is 0.647. The summed E-state index contributed by atoms with van der Waals surface area (Å²) in [6.07, 6.45) is 0. The Bertz CT molecular complexity index is 451. The van der Waals surface area contributed by atoms with Gasteiger partial charge in [-0.3, -0.25) is 0 Å². The highest BCUT2D eigenvalue weighted by Crippen LogP contribution is 2.39. The first-order valence-corrected chi connectivity index (χ1v) is 7.41. The Morgan fingerprint density at radius 3 is 2.63 bits per heavy atom. The Morgan fingerprint density at radius 2 is 2.05 bits per heavy atom. The van der Waals surface area contributed by atoms with Gasteiger partial charge in [-0.1, -0.05) is 33.8 Å². The fourth-order valence-corrected chi connectivity index (χ4v) is 2.62. The van der Waals surface area contributed by atoms with Crippen LogP contribution in [0.4, 0.5) is 5.69 Å². The first-order chi connectivity index (χ1) is 8.87. The van der Waals surface area contributed by atoms with Gasteiger partial charge in [0.2, 0.25) is 0 Å². The first kappa shape index (κ1) is 14.2. The van der Waals surface area contributed by atoms with Crippen LogP contribution in [0.1, 0.15) is 47.1 Å². The molecule has 1 aromatic rings. The number of fused-ring (bicyclic) bond motifs is 1. The molecule has 0 saturated carbocycles. The average molecular weight is 261 g/mol. The van der Waals surface area contributed by atoms with Crippen LogP contribution in [0.3, 0.4) is 0 Å². The molecule has 1 heterocycles. The van der Waals surface area contributed by atoms with Gasteiger partial charge in [0.1, 0.15) is 12.4 Å². The maximum Gasteiger partial charge on any atom is 0.143 e. The number of likely N-dealkylation sites (N-methyl/N-ethyl adjacent to an activating group) is 1. The molecule has 0 aliphatic carbocycles. The number of hydrogen-bond acceptors (Lipinski definition) is 2. The summed E-state index contributed by atoms with van der Waals surface area (Å²) in [6, 6.07) is 7.20. The summed E-state index contributed by atoms with van der Waals surface area (Å²) in [7, 11) is 0. The highest BCUT2D eigenvalue weighted by molar-refractivity contribution is 5.62. The van der Waals surface area contributed by atoms with E-state index in [0.717, 1.165) is 18.9 Å². The van der Waals surface area contributed by atoms with Crippen molar-refractivity contribution < 1.29 is 4.74 Å². The zero-order valence-electron chi connectivity index (χ0n) is 13.2. The summed E-state index contributed by atoms with van der Waals surface area (Å²) in [5, 5.41) is 0. The summed E-state index contributed by atoms with van der Waals surface area (Å²) < 4.78 is 5.94. The summed E-state index contributed by atoms with van der Waals surface area (Å²) >= 11 is 0. The van der Waals surface area contributed by atoms with Gasteiger partial charge >= 0.3 is 0 Å². The molecular weight excluding hydrogens is 234 g/mol. The van der Waals surface area contributed by atoms with Gasteiger partial charge in [0.25, 0.3) is 0 Å². The molecule has 2 nitrogen and oxygen atoms in total. The van der Waals surface area contributed by atoms with Crippen LogP contribution in [0.15, 0.2) is 18.2 Å². The summed E-state index contributed by atoms with van der Waals surface area (Å²) in [6.45, 7) is 15.4. The van der Waals surface area contributed by atoms with Crippen molar-refractivity contribution in [2.45, 2.75) is 53.0 Å². The van der Waals surface area contributed by atoms with Gasteiger partial charge in [0, 0.05) is 6.54 Å². The van der Waals surface area contributed by atoms with Crippen LogP contribution in [0.5, 0.6) is 5.75 Å². The third-order valence-electron chi connectivity index (χ3n) is 4.81. The second-order valence-electron chi connectivity index (χ2n) is 6.50. The van der Waals surface area contributed by atoms with Crippen LogP contribution in [-0.4, -0.2) is 19.2 Å². The largest absolute Gasteiger partial charge is 0.489 e. The van der Waals surface area contributed by atoms with Crippen LogP contribution < -0.4 is 9.64 Å². The lowest BCUT2D eigenvalue weighted by Gasteiger charge is -2.37. The topological polar surface area (TPSA) is 12.5 Å². The van der Waals surface area contributed by atoms with Gasteiger partial charge in [0.15, 0.2) is 0 Å². The predicted molar refractivity (Wildman–Crippen MR) is 82.3 cm³/mol. The molecule has 1 aromatic carbocycles. The number of nitrogens with zero attached hydrogens (tertiary/aromatic N) is 1. The van der Waals surface area contributed by atoms with Crippen molar-refractivity contribution in [1.29, 1.82) is 0 Å². The van der Waals surface area contributed by atoms with Crippen molar-refractivity contribution in [1.82, 2.24) is 0 Å². The molecule has 0 amide bonds. The van der Waals surface area contributed by atoms with Crippen molar-refractivity contribution in [3.8, 4) is 5.75 Å². The second kappa shape index (κ2) is 5.07. The zero-order valence-corrected chi connectivity index (χ0v) is 13.2. The molecule has 19 heavy (non-hydrogen) atoms. The average Bonchev–Trinajstić information content (AvgIpc) is 2.37. The maximum atomic E-state index is 5.94. The minimum Gasteiger partial charge on any atom is -0.489 e. The Kier molecular flexibility index (Phi) is 3.80. The zero-order chi connectivity index (χ0) is 14.2. The van der Waals surface area contributed by atoms with Gasteiger partial charge < -0.3 is 9.64 Å². The van der Waals surface area contributed by atoms with Crippen molar-refractivity contribution in [2.75, 3.05) is 18.1 Å². The third kappa shape index (κ3) is 2.45. The molecule has 0 spiro atoms.